The van der Waals surface area contributed by atoms with Crippen molar-refractivity contribution in [3.63, 3.8) is 0 Å². The van der Waals surface area contributed by atoms with Gasteiger partial charge >= 0.3 is 0 Å². The molecule has 1 aromatic heterocycles. The van der Waals surface area contributed by atoms with Gasteiger partial charge in [0.15, 0.2) is 0 Å². The number of rotatable bonds is 5. The first kappa shape index (κ1) is 11.2. The molecule has 0 amide bonds. The van der Waals surface area contributed by atoms with E-state index in [1.54, 1.807) is 0 Å². The summed E-state index contributed by atoms with van der Waals surface area (Å²) in [7, 11) is 0. The Morgan fingerprint density at radius 1 is 1.43 bits per heavy atom. The predicted octanol–water partition coefficient (Wildman–Crippen LogP) is 2.61. The molecule has 78 valence electrons. The Kier molecular flexibility index (Phi) is 4.60. The van der Waals surface area contributed by atoms with Crippen molar-refractivity contribution in [3.05, 3.63) is 30.1 Å². The number of pyridine rings is 1. The van der Waals surface area contributed by atoms with Gasteiger partial charge in [0.25, 0.3) is 0 Å². The van der Waals surface area contributed by atoms with Crippen LogP contribution in [0.4, 0.5) is 0 Å². The summed E-state index contributed by atoms with van der Waals surface area (Å²) in [6, 6.07) is 4.65. The van der Waals surface area contributed by atoms with Crippen LogP contribution in [0.3, 0.4) is 0 Å². The van der Waals surface area contributed by atoms with Crippen LogP contribution in [0, 0.1) is 5.92 Å². The lowest BCUT2D eigenvalue weighted by Gasteiger charge is -2.19. The lowest BCUT2D eigenvalue weighted by Crippen LogP contribution is -2.31. The van der Waals surface area contributed by atoms with E-state index in [0.717, 1.165) is 12.5 Å². The van der Waals surface area contributed by atoms with E-state index in [0.29, 0.717) is 6.04 Å². The Morgan fingerprint density at radius 3 is 2.79 bits per heavy atom. The van der Waals surface area contributed by atoms with Gasteiger partial charge in [-0.25, -0.2) is 0 Å². The minimum Gasteiger partial charge on any atom is -0.310 e. The van der Waals surface area contributed by atoms with Crippen molar-refractivity contribution < 1.29 is 0 Å². The highest BCUT2D eigenvalue weighted by molar-refractivity contribution is 5.07. The molecule has 0 saturated heterocycles. The van der Waals surface area contributed by atoms with Crippen molar-refractivity contribution in [1.82, 2.24) is 10.3 Å². The van der Waals surface area contributed by atoms with Crippen LogP contribution in [0.15, 0.2) is 24.5 Å². The van der Waals surface area contributed by atoms with E-state index >= 15 is 0 Å². The van der Waals surface area contributed by atoms with Crippen molar-refractivity contribution in [2.45, 2.75) is 39.8 Å². The molecule has 0 fully saturated rings. The normalized spacial score (nSPS) is 15.1. The maximum atomic E-state index is 4.09. The molecule has 1 N–H and O–H groups in total. The zero-order chi connectivity index (χ0) is 10.4. The molecule has 0 aliphatic carbocycles. The second kappa shape index (κ2) is 5.76. The highest BCUT2D eigenvalue weighted by Crippen LogP contribution is 2.07. The summed E-state index contributed by atoms with van der Waals surface area (Å²) in [5.74, 6) is 0.728. The molecule has 0 aromatic carbocycles. The standard InChI is InChI=1S/C12H20N2/c1-4-10(2)11(3)14-9-12-6-5-7-13-8-12/h5-8,10-11,14H,4,9H2,1-3H3/t10-,11+/m0/s1. The van der Waals surface area contributed by atoms with Gasteiger partial charge in [-0.1, -0.05) is 26.3 Å². The van der Waals surface area contributed by atoms with Gasteiger partial charge < -0.3 is 5.32 Å². The Labute approximate surface area is 86.8 Å². The van der Waals surface area contributed by atoms with Crippen molar-refractivity contribution >= 4 is 0 Å². The fourth-order valence-electron chi connectivity index (χ4n) is 1.34. The first-order valence-electron chi connectivity index (χ1n) is 5.36. The molecule has 0 aliphatic heterocycles. The fourth-order valence-corrected chi connectivity index (χ4v) is 1.34. The van der Waals surface area contributed by atoms with Crippen LogP contribution in [-0.2, 0) is 6.54 Å². The number of hydrogen-bond acceptors (Lipinski definition) is 2. The van der Waals surface area contributed by atoms with Gasteiger partial charge in [-0.05, 0) is 24.5 Å². The van der Waals surface area contributed by atoms with Crippen LogP contribution in [0.2, 0.25) is 0 Å². The van der Waals surface area contributed by atoms with Gasteiger partial charge in [0, 0.05) is 25.0 Å². The molecule has 14 heavy (non-hydrogen) atoms. The van der Waals surface area contributed by atoms with Gasteiger partial charge in [0.05, 0.1) is 0 Å². The van der Waals surface area contributed by atoms with Crippen LogP contribution in [-0.4, -0.2) is 11.0 Å². The summed E-state index contributed by atoms with van der Waals surface area (Å²) in [6.45, 7) is 7.66. The summed E-state index contributed by atoms with van der Waals surface area (Å²) in [5, 5.41) is 3.51. The van der Waals surface area contributed by atoms with Crippen LogP contribution < -0.4 is 5.32 Å². The zero-order valence-corrected chi connectivity index (χ0v) is 9.33. The second-order valence-electron chi connectivity index (χ2n) is 3.92. The quantitative estimate of drug-likeness (QED) is 0.775. The summed E-state index contributed by atoms with van der Waals surface area (Å²) < 4.78 is 0. The monoisotopic (exact) mass is 192 g/mol. The zero-order valence-electron chi connectivity index (χ0n) is 9.33. The van der Waals surface area contributed by atoms with Crippen molar-refractivity contribution in [3.8, 4) is 0 Å². The molecule has 0 spiro atoms. The first-order chi connectivity index (χ1) is 6.74. The average Bonchev–Trinajstić information content (AvgIpc) is 2.26. The van der Waals surface area contributed by atoms with E-state index in [4.69, 9.17) is 0 Å². The Hall–Kier alpha value is -0.890. The maximum Gasteiger partial charge on any atom is 0.0312 e. The molecule has 0 saturated carbocycles. The molecule has 2 atom stereocenters. The van der Waals surface area contributed by atoms with Crippen molar-refractivity contribution in [2.24, 2.45) is 5.92 Å². The van der Waals surface area contributed by atoms with Gasteiger partial charge in [-0.2, -0.15) is 0 Å². The lowest BCUT2D eigenvalue weighted by molar-refractivity contribution is 0.389. The summed E-state index contributed by atoms with van der Waals surface area (Å²) in [6.07, 6.45) is 4.94. The van der Waals surface area contributed by atoms with E-state index in [1.807, 2.05) is 18.5 Å². The van der Waals surface area contributed by atoms with E-state index in [2.05, 4.69) is 37.1 Å². The van der Waals surface area contributed by atoms with E-state index < -0.39 is 0 Å². The SMILES string of the molecule is CC[C@H](C)[C@@H](C)NCc1cccnc1. The Morgan fingerprint density at radius 2 is 2.21 bits per heavy atom. The third kappa shape index (κ3) is 3.46. The molecule has 1 heterocycles. The fraction of sp³-hybridized carbons (Fsp3) is 0.583. The second-order valence-corrected chi connectivity index (χ2v) is 3.92. The van der Waals surface area contributed by atoms with Crippen molar-refractivity contribution in [1.29, 1.82) is 0 Å². The van der Waals surface area contributed by atoms with Crippen LogP contribution in [0.1, 0.15) is 32.8 Å². The molecular formula is C12H20N2. The van der Waals surface area contributed by atoms with Crippen LogP contribution >= 0.6 is 0 Å². The third-order valence-electron chi connectivity index (χ3n) is 2.85. The summed E-state index contributed by atoms with van der Waals surface area (Å²) >= 11 is 0. The molecular weight excluding hydrogens is 172 g/mol. The third-order valence-corrected chi connectivity index (χ3v) is 2.85. The average molecular weight is 192 g/mol. The smallest absolute Gasteiger partial charge is 0.0312 e. The molecule has 2 heteroatoms. The molecule has 0 aliphatic rings. The van der Waals surface area contributed by atoms with Gasteiger partial charge in [0.2, 0.25) is 0 Å². The first-order valence-corrected chi connectivity index (χ1v) is 5.36. The molecule has 0 bridgehead atoms. The minimum absolute atomic E-state index is 0.570. The molecule has 0 unspecified atom stereocenters. The van der Waals surface area contributed by atoms with E-state index in [9.17, 15) is 0 Å². The van der Waals surface area contributed by atoms with Gasteiger partial charge in [0.1, 0.15) is 0 Å². The van der Waals surface area contributed by atoms with E-state index in [1.165, 1.54) is 12.0 Å². The predicted molar refractivity (Wildman–Crippen MR) is 60.0 cm³/mol. The maximum absolute atomic E-state index is 4.09. The van der Waals surface area contributed by atoms with Gasteiger partial charge in [-0.15, -0.1) is 0 Å². The number of nitrogens with one attached hydrogen (secondary N) is 1. The summed E-state index contributed by atoms with van der Waals surface area (Å²) in [5.41, 5.74) is 1.25. The molecule has 1 rings (SSSR count). The van der Waals surface area contributed by atoms with Crippen LogP contribution in [0.5, 0.6) is 0 Å². The molecule has 2 nitrogen and oxygen atoms in total. The molecule has 0 radical (unpaired) electrons. The van der Waals surface area contributed by atoms with Crippen molar-refractivity contribution in [2.75, 3.05) is 0 Å². The Bertz CT molecular complexity index is 246. The Balaban J connectivity index is 2.34. The van der Waals surface area contributed by atoms with Crippen LogP contribution in [0.25, 0.3) is 0 Å². The van der Waals surface area contributed by atoms with E-state index in [-0.39, 0.29) is 0 Å². The van der Waals surface area contributed by atoms with Gasteiger partial charge in [-0.3, -0.25) is 4.98 Å². The number of aromatic nitrogens is 1. The number of hydrogen-bond donors (Lipinski definition) is 1. The highest BCUT2D eigenvalue weighted by Gasteiger charge is 2.08. The number of nitrogens with zero attached hydrogens (tertiary/aromatic N) is 1. The topological polar surface area (TPSA) is 24.9 Å². The lowest BCUT2D eigenvalue weighted by atomic mass is 10.0. The summed E-state index contributed by atoms with van der Waals surface area (Å²) in [4.78, 5) is 4.09. The largest absolute Gasteiger partial charge is 0.310 e. The highest BCUT2D eigenvalue weighted by atomic mass is 14.9. The minimum atomic E-state index is 0.570. The molecule has 1 aromatic rings.